The molecule has 304 valence electrons. The van der Waals surface area contributed by atoms with Gasteiger partial charge in [0.05, 0.1) is 5.39 Å². The lowest BCUT2D eigenvalue weighted by Crippen LogP contribution is -2.39. The van der Waals surface area contributed by atoms with E-state index in [-0.39, 0.29) is 6.04 Å². The molecule has 6 heterocycles. The van der Waals surface area contributed by atoms with E-state index in [1.165, 1.54) is 40.3 Å². The number of aromatic nitrogens is 4. The summed E-state index contributed by atoms with van der Waals surface area (Å²) in [5, 5.41) is 6.20. The average Bonchev–Trinajstić information content (AvgIpc) is 3.81. The number of likely N-dealkylation sites (tertiary alicyclic amines) is 2. The Bertz CT molecular complexity index is 2190. The fourth-order valence-electron chi connectivity index (χ4n) is 6.86. The van der Waals surface area contributed by atoms with Crippen molar-refractivity contribution in [3.05, 3.63) is 110 Å². The summed E-state index contributed by atoms with van der Waals surface area (Å²) in [4.78, 5) is 26.0. The lowest BCUT2D eigenvalue weighted by Gasteiger charge is -2.32. The van der Waals surface area contributed by atoms with E-state index in [0.29, 0.717) is 47.2 Å². The summed E-state index contributed by atoms with van der Waals surface area (Å²) in [6.45, 7) is 13.4. The van der Waals surface area contributed by atoms with E-state index in [0.717, 1.165) is 90.2 Å². The molecule has 0 bridgehead atoms. The van der Waals surface area contributed by atoms with Crippen molar-refractivity contribution in [3.8, 4) is 0 Å². The van der Waals surface area contributed by atoms with Crippen LogP contribution >= 0.6 is 34.3 Å². The van der Waals surface area contributed by atoms with Gasteiger partial charge in [0.15, 0.2) is 0 Å². The van der Waals surface area contributed by atoms with E-state index >= 15 is 0 Å². The van der Waals surface area contributed by atoms with Crippen LogP contribution in [0.2, 0.25) is 5.15 Å². The Morgan fingerprint density at radius 2 is 1.09 bits per heavy atom. The molecule has 57 heavy (non-hydrogen) atoms. The van der Waals surface area contributed by atoms with E-state index < -0.39 is 23.3 Å². The Balaban J connectivity index is 0.000000160. The van der Waals surface area contributed by atoms with Crippen LogP contribution < -0.4 is 11.1 Å². The Morgan fingerprint density at radius 3 is 1.56 bits per heavy atom. The van der Waals surface area contributed by atoms with E-state index in [4.69, 9.17) is 17.3 Å². The maximum atomic E-state index is 13.4. The number of hydrogen-bond donors (Lipinski definition) is 2. The van der Waals surface area contributed by atoms with Crippen LogP contribution in [-0.4, -0.2) is 68.0 Å². The first kappa shape index (κ1) is 42.8. The van der Waals surface area contributed by atoms with Crippen molar-refractivity contribution >= 4 is 60.5 Å². The molecule has 2 aromatic carbocycles. The van der Waals surface area contributed by atoms with Crippen molar-refractivity contribution in [2.75, 3.05) is 31.5 Å². The molecule has 0 radical (unpaired) electrons. The Labute approximate surface area is 344 Å². The van der Waals surface area contributed by atoms with E-state index in [1.807, 2.05) is 0 Å². The van der Waals surface area contributed by atoms with Crippen LogP contribution in [0.4, 0.5) is 23.4 Å². The van der Waals surface area contributed by atoms with Crippen LogP contribution in [0.5, 0.6) is 0 Å². The third-order valence-electron chi connectivity index (χ3n) is 10.0. The SMILES string of the molecule is CC(C)c1cc2c(Cl)ncnc2s1.CC(C)c1cc2c(NC3CCN(Cc4cc(F)cc(F)c4)CC3)ncnc2s1.NC1CCN(Cc2cc(F)cc(F)c2)CC1. The highest BCUT2D eigenvalue weighted by molar-refractivity contribution is 7.19. The number of thiophene rings is 2. The molecule has 6 aromatic rings. The Morgan fingerprint density at radius 1 is 0.649 bits per heavy atom. The van der Waals surface area contributed by atoms with Gasteiger partial charge >= 0.3 is 0 Å². The number of nitrogens with two attached hydrogens (primary N) is 1. The Kier molecular flexibility index (Phi) is 14.9. The van der Waals surface area contributed by atoms with Gasteiger partial charge in [-0.25, -0.2) is 37.5 Å². The van der Waals surface area contributed by atoms with Gasteiger partial charge in [-0.2, -0.15) is 0 Å². The summed E-state index contributed by atoms with van der Waals surface area (Å²) < 4.78 is 52.7. The highest BCUT2D eigenvalue weighted by atomic mass is 35.5. The third kappa shape index (κ3) is 12.1. The molecule has 0 saturated carbocycles. The van der Waals surface area contributed by atoms with Gasteiger partial charge in [-0.15, -0.1) is 22.7 Å². The predicted molar refractivity (Wildman–Crippen MR) is 225 cm³/mol. The normalized spacial score (nSPS) is 15.9. The summed E-state index contributed by atoms with van der Waals surface area (Å²) in [5.74, 6) is -0.156. The number of nitrogens with one attached hydrogen (secondary N) is 1. The molecule has 0 unspecified atom stereocenters. The highest BCUT2D eigenvalue weighted by Gasteiger charge is 2.22. The summed E-state index contributed by atoms with van der Waals surface area (Å²) in [7, 11) is 0. The molecule has 0 atom stereocenters. The smallest absolute Gasteiger partial charge is 0.141 e. The average molecular weight is 841 g/mol. The molecular weight excluding hydrogens is 792 g/mol. The van der Waals surface area contributed by atoms with Crippen molar-refractivity contribution < 1.29 is 17.6 Å². The molecule has 8 rings (SSSR count). The molecule has 2 aliphatic heterocycles. The fourth-order valence-corrected chi connectivity index (χ4v) is 9.11. The highest BCUT2D eigenvalue weighted by Crippen LogP contribution is 2.34. The van der Waals surface area contributed by atoms with Gasteiger partial charge in [-0.3, -0.25) is 9.80 Å². The molecule has 0 spiro atoms. The number of fused-ring (bicyclic) bond motifs is 2. The van der Waals surface area contributed by atoms with Crippen molar-refractivity contribution in [3.63, 3.8) is 0 Å². The van der Waals surface area contributed by atoms with E-state index in [2.05, 4.69) is 74.9 Å². The van der Waals surface area contributed by atoms with Crippen molar-refractivity contribution in [1.29, 1.82) is 0 Å². The second-order valence-corrected chi connectivity index (χ2v) is 17.8. The zero-order chi connectivity index (χ0) is 40.6. The number of anilines is 1. The Hall–Kier alpha value is -3.79. The molecule has 8 nitrogen and oxygen atoms in total. The van der Waals surface area contributed by atoms with Gasteiger partial charge in [0, 0.05) is 65.5 Å². The van der Waals surface area contributed by atoms with Crippen LogP contribution in [0.15, 0.2) is 61.2 Å². The number of halogens is 5. The number of rotatable bonds is 8. The molecule has 4 aromatic heterocycles. The second-order valence-electron chi connectivity index (χ2n) is 15.3. The van der Waals surface area contributed by atoms with E-state index in [9.17, 15) is 17.6 Å². The lowest BCUT2D eigenvalue weighted by molar-refractivity contribution is 0.205. The fraction of sp³-hybridized carbons (Fsp3) is 0.429. The summed E-state index contributed by atoms with van der Waals surface area (Å²) >= 11 is 9.34. The van der Waals surface area contributed by atoms with Gasteiger partial charge in [0.2, 0.25) is 0 Å². The van der Waals surface area contributed by atoms with Crippen LogP contribution in [-0.2, 0) is 13.1 Å². The standard InChI is InChI=1S/C21H24F2N4S.C12H16F2N2.C9H9ClN2S/c1-13(2)19-10-18-20(24-12-25-21(18)28-19)26-17-3-5-27(6-4-17)11-14-7-15(22)9-16(23)8-14;13-10-5-9(6-11(14)7-10)8-16-3-1-12(15)2-4-16;1-5(2)7-3-6-8(10)11-4-12-9(6)13-7/h7-10,12-13,17H,3-6,11H2,1-2H3,(H,24,25,26);5-7,12H,1-4,8,15H2;3-5H,1-2H3. The summed E-state index contributed by atoms with van der Waals surface area (Å²) in [6.07, 6.45) is 6.97. The van der Waals surface area contributed by atoms with Crippen molar-refractivity contribution in [1.82, 2.24) is 29.7 Å². The zero-order valence-corrected chi connectivity index (χ0v) is 35.0. The molecule has 3 N–H and O–H groups in total. The number of piperidine rings is 2. The minimum atomic E-state index is -0.518. The van der Waals surface area contributed by atoms with Crippen LogP contribution in [0, 0.1) is 23.3 Å². The van der Waals surface area contributed by atoms with Gasteiger partial charge in [-0.05, 0) is 98.1 Å². The predicted octanol–water partition coefficient (Wildman–Crippen LogP) is 10.5. The van der Waals surface area contributed by atoms with Crippen LogP contribution in [0.1, 0.15) is 86.1 Å². The molecule has 0 amide bonds. The van der Waals surface area contributed by atoms with Crippen molar-refractivity contribution in [2.24, 2.45) is 5.73 Å². The topological polar surface area (TPSA) is 96.1 Å². The molecule has 2 fully saturated rings. The minimum absolute atomic E-state index is 0.278. The number of nitrogens with zero attached hydrogens (tertiary/aromatic N) is 6. The number of hydrogen-bond acceptors (Lipinski definition) is 10. The van der Waals surface area contributed by atoms with Gasteiger partial charge in [0.25, 0.3) is 0 Å². The largest absolute Gasteiger partial charge is 0.367 e. The molecule has 2 saturated heterocycles. The van der Waals surface area contributed by atoms with E-state index in [1.54, 1.807) is 29.0 Å². The van der Waals surface area contributed by atoms with Crippen molar-refractivity contribution in [2.45, 2.75) is 90.4 Å². The molecule has 0 aliphatic carbocycles. The number of benzene rings is 2. The first-order valence-corrected chi connectivity index (χ1v) is 21.3. The monoisotopic (exact) mass is 840 g/mol. The first-order valence-electron chi connectivity index (χ1n) is 19.3. The van der Waals surface area contributed by atoms with Crippen LogP contribution in [0.3, 0.4) is 0 Å². The maximum Gasteiger partial charge on any atom is 0.141 e. The quantitative estimate of drug-likeness (QED) is 0.116. The third-order valence-corrected chi connectivity index (χ3v) is 13.0. The molecule has 2 aliphatic rings. The van der Waals surface area contributed by atoms with Gasteiger partial charge in [-0.1, -0.05) is 39.3 Å². The lowest BCUT2D eigenvalue weighted by atomic mass is 10.0. The van der Waals surface area contributed by atoms with Gasteiger partial charge in [0.1, 0.15) is 56.6 Å². The van der Waals surface area contributed by atoms with Gasteiger partial charge < -0.3 is 11.1 Å². The second kappa shape index (κ2) is 19.8. The molecular formula is C42H49ClF4N8S2. The maximum absolute atomic E-state index is 13.4. The first-order chi connectivity index (χ1) is 27.3. The zero-order valence-electron chi connectivity index (χ0n) is 32.6. The summed E-state index contributed by atoms with van der Waals surface area (Å²) in [5.41, 5.74) is 7.16. The summed E-state index contributed by atoms with van der Waals surface area (Å²) in [6, 6.07) is 12.3. The van der Waals surface area contributed by atoms with Crippen LogP contribution in [0.25, 0.3) is 20.4 Å². The molecule has 15 heteroatoms. The minimum Gasteiger partial charge on any atom is -0.367 e.